The Bertz CT molecular complexity index is 1940. The van der Waals surface area contributed by atoms with Crippen molar-refractivity contribution >= 4 is 34.6 Å². The molecule has 1 fully saturated rings. The number of aromatic nitrogens is 1. The zero-order valence-electron chi connectivity index (χ0n) is 25.2. The highest BCUT2D eigenvalue weighted by Crippen LogP contribution is 2.38. The van der Waals surface area contributed by atoms with E-state index in [-0.39, 0.29) is 34.6 Å². The largest absolute Gasteiger partial charge is 0.507 e. The number of aromatic hydroxyl groups is 1. The molecule has 0 bridgehead atoms. The van der Waals surface area contributed by atoms with E-state index in [0.29, 0.717) is 25.1 Å². The molecule has 2 aromatic carbocycles. The van der Waals surface area contributed by atoms with Crippen molar-refractivity contribution in [2.24, 2.45) is 0 Å². The van der Waals surface area contributed by atoms with Gasteiger partial charge in [0.05, 0.1) is 22.5 Å². The third kappa shape index (κ3) is 5.27. The minimum atomic E-state index is -0.307. The maximum atomic E-state index is 13.8. The molecule has 0 spiro atoms. The van der Waals surface area contributed by atoms with Crippen molar-refractivity contribution < 1.29 is 14.3 Å². The van der Waals surface area contributed by atoms with E-state index in [4.69, 9.17) is 0 Å². The number of halogens is 1. The number of carbonyl (C=O) groups is 1. The number of phenolic OH excluding ortho intramolecular Hbond substituents is 1. The maximum absolute atomic E-state index is 13.8. The summed E-state index contributed by atoms with van der Waals surface area (Å²) in [6, 6.07) is 17.2. The number of nitrogens with one attached hydrogen (secondary N) is 2. The van der Waals surface area contributed by atoms with Crippen LogP contribution in [-0.4, -0.2) is 60.2 Å². The predicted octanol–water partition coefficient (Wildman–Crippen LogP) is 4.05. The van der Waals surface area contributed by atoms with Gasteiger partial charge in [0.15, 0.2) is 0 Å². The van der Waals surface area contributed by atoms with E-state index in [1.54, 1.807) is 30.3 Å². The number of nitrogens with zero attached hydrogens (tertiary/aromatic N) is 3. The van der Waals surface area contributed by atoms with Gasteiger partial charge in [0.25, 0.3) is 11.5 Å². The number of amides is 1. The summed E-state index contributed by atoms with van der Waals surface area (Å²) >= 11 is 0. The molecule has 1 amide bonds. The van der Waals surface area contributed by atoms with Crippen LogP contribution in [-0.2, 0) is 0 Å². The van der Waals surface area contributed by atoms with Gasteiger partial charge in [0.2, 0.25) is 0 Å². The lowest BCUT2D eigenvalue weighted by Crippen LogP contribution is -2.44. The average Bonchev–Trinajstić information content (AvgIpc) is 3.26. The molecule has 1 aliphatic carbocycles. The molecule has 0 radical (unpaired) electrons. The summed E-state index contributed by atoms with van der Waals surface area (Å²) in [6.07, 6.45) is 10.2. The van der Waals surface area contributed by atoms with E-state index in [1.165, 1.54) is 24.6 Å². The van der Waals surface area contributed by atoms with Crippen molar-refractivity contribution in [1.82, 2.24) is 15.2 Å². The topological polar surface area (TPSA) is 91.9 Å². The van der Waals surface area contributed by atoms with E-state index >= 15 is 0 Å². The first kappa shape index (κ1) is 28.9. The molecule has 0 saturated carbocycles. The molecular weight excluding hydrogens is 569 g/mol. The zero-order valence-corrected chi connectivity index (χ0v) is 25.2. The first-order valence-electron chi connectivity index (χ1n) is 15.6. The van der Waals surface area contributed by atoms with Crippen LogP contribution in [0.15, 0.2) is 77.7 Å². The summed E-state index contributed by atoms with van der Waals surface area (Å²) in [5.74, 6) is -0.644. The van der Waals surface area contributed by atoms with Crippen molar-refractivity contribution in [3.8, 4) is 16.9 Å². The number of likely N-dealkylation sites (tertiary alicyclic amines) is 1. The first-order valence-corrected chi connectivity index (χ1v) is 15.6. The summed E-state index contributed by atoms with van der Waals surface area (Å²) in [7, 11) is 1.97. The van der Waals surface area contributed by atoms with Crippen LogP contribution >= 0.6 is 0 Å². The van der Waals surface area contributed by atoms with Crippen LogP contribution in [0, 0.1) is 5.82 Å². The zero-order chi connectivity index (χ0) is 31.1. The van der Waals surface area contributed by atoms with E-state index in [1.807, 2.05) is 24.2 Å². The Morgan fingerprint density at radius 1 is 1.02 bits per heavy atom. The molecule has 1 unspecified atom stereocenters. The highest BCUT2D eigenvalue weighted by molar-refractivity contribution is 5.97. The number of carbonyl (C=O) groups excluding carboxylic acids is 1. The molecule has 1 atom stereocenters. The van der Waals surface area contributed by atoms with Gasteiger partial charge in [0, 0.05) is 54.2 Å². The van der Waals surface area contributed by atoms with Crippen molar-refractivity contribution in [2.45, 2.75) is 31.7 Å². The second kappa shape index (κ2) is 11.9. The van der Waals surface area contributed by atoms with Crippen LogP contribution in [0.5, 0.6) is 5.75 Å². The van der Waals surface area contributed by atoms with Gasteiger partial charge < -0.3 is 25.2 Å². The number of anilines is 3. The van der Waals surface area contributed by atoms with Crippen LogP contribution in [0.25, 0.3) is 22.8 Å². The molecule has 45 heavy (non-hydrogen) atoms. The number of hydrogen-bond donors (Lipinski definition) is 3. The van der Waals surface area contributed by atoms with Gasteiger partial charge in [-0.25, -0.2) is 4.39 Å². The summed E-state index contributed by atoms with van der Waals surface area (Å²) in [6.45, 7) is 2.87. The van der Waals surface area contributed by atoms with Gasteiger partial charge in [0.1, 0.15) is 11.6 Å². The number of H-pyrrole nitrogens is 1. The molecule has 4 aliphatic heterocycles. The SMILES string of the molecule is CN1C=CC(C(CCNC(=O)c2ccccc2O)N2CCCCC2)=c2ccc3c4c([nH]c(=O)c-4c21)=CCN3c1ccc(F)cc1. The van der Waals surface area contributed by atoms with Crippen molar-refractivity contribution in [2.75, 3.05) is 43.0 Å². The monoisotopic (exact) mass is 605 g/mol. The molecule has 7 rings (SSSR count). The molecule has 4 heterocycles. The Labute approximate surface area is 260 Å². The second-order valence-corrected chi connectivity index (χ2v) is 11.9. The van der Waals surface area contributed by atoms with Gasteiger partial charge in [-0.15, -0.1) is 0 Å². The highest BCUT2D eigenvalue weighted by Gasteiger charge is 2.31. The lowest BCUT2D eigenvalue weighted by molar-refractivity contribution is 0.0946. The molecule has 8 nitrogen and oxygen atoms in total. The number of hydrogen-bond acceptors (Lipinski definition) is 6. The quantitative estimate of drug-likeness (QED) is 0.295. The molecule has 2 aromatic rings. The average molecular weight is 606 g/mol. The van der Waals surface area contributed by atoms with Gasteiger partial charge in [-0.3, -0.25) is 14.5 Å². The van der Waals surface area contributed by atoms with Gasteiger partial charge in [-0.05, 0) is 92.5 Å². The fourth-order valence-corrected chi connectivity index (χ4v) is 7.07. The number of aromatic amines is 1. The molecule has 1 saturated heterocycles. The second-order valence-electron chi connectivity index (χ2n) is 11.9. The van der Waals surface area contributed by atoms with Crippen LogP contribution < -0.4 is 31.2 Å². The summed E-state index contributed by atoms with van der Waals surface area (Å²) in [5.41, 5.74) is 5.26. The number of benzene rings is 2. The fourth-order valence-electron chi connectivity index (χ4n) is 7.07. The smallest absolute Gasteiger partial charge is 0.258 e. The highest BCUT2D eigenvalue weighted by atomic mass is 19.1. The molecule has 3 N–H and O–H groups in total. The number of piperidine rings is 1. The summed E-state index contributed by atoms with van der Waals surface area (Å²) < 4.78 is 13.8. The van der Waals surface area contributed by atoms with Crippen LogP contribution in [0.1, 0.15) is 36.0 Å². The number of phenols is 1. The van der Waals surface area contributed by atoms with Crippen LogP contribution in [0.2, 0.25) is 0 Å². The summed E-state index contributed by atoms with van der Waals surface area (Å²) in [4.78, 5) is 36.3. The molecule has 0 aromatic heterocycles. The Morgan fingerprint density at radius 3 is 2.58 bits per heavy atom. The van der Waals surface area contributed by atoms with E-state index in [9.17, 15) is 19.1 Å². The molecule has 230 valence electrons. The van der Waals surface area contributed by atoms with E-state index in [0.717, 1.165) is 64.7 Å². The third-order valence-electron chi connectivity index (χ3n) is 9.24. The third-order valence-corrected chi connectivity index (χ3v) is 9.24. The Morgan fingerprint density at radius 2 is 1.80 bits per heavy atom. The Hall–Kier alpha value is -4.89. The summed E-state index contributed by atoms with van der Waals surface area (Å²) in [5, 5.41) is 15.0. The number of para-hydroxylation sites is 1. The van der Waals surface area contributed by atoms with Crippen LogP contribution in [0.3, 0.4) is 0 Å². The lowest BCUT2D eigenvalue weighted by atomic mass is 9.94. The van der Waals surface area contributed by atoms with Gasteiger partial charge in [-0.2, -0.15) is 0 Å². The first-order chi connectivity index (χ1) is 21.9. The normalized spacial score (nSPS) is 16.8. The van der Waals surface area contributed by atoms with Crippen molar-refractivity contribution in [3.63, 3.8) is 0 Å². The minimum Gasteiger partial charge on any atom is -0.507 e. The van der Waals surface area contributed by atoms with E-state index < -0.39 is 0 Å². The standard InChI is InChI=1S/C36H36FN5O3/c1-40-21-16-25(29(41-19-5-2-6-20-41)15-18-38-35(44)27-7-3-4-8-31(27)43)26-13-14-30-32-28(39-36(45)33(32)34(26)40)17-22-42(30)24-11-9-23(37)10-12-24/h3-4,7-14,16-17,21,29,43H,2,5-6,15,18-20,22H2,1H3,(H,38,44)(H,39,45). The lowest BCUT2D eigenvalue weighted by Gasteiger charge is -2.37. The number of fused-ring (bicyclic) bond motifs is 2. The van der Waals surface area contributed by atoms with Crippen LogP contribution in [0.4, 0.5) is 21.5 Å². The van der Waals surface area contributed by atoms with Gasteiger partial charge >= 0.3 is 0 Å². The predicted molar refractivity (Wildman–Crippen MR) is 176 cm³/mol. The Kier molecular flexibility index (Phi) is 7.63. The Balaban J connectivity index is 1.34. The molecule has 9 heteroatoms. The van der Waals surface area contributed by atoms with Gasteiger partial charge in [-0.1, -0.05) is 24.6 Å². The van der Waals surface area contributed by atoms with Crippen molar-refractivity contribution in [1.29, 1.82) is 0 Å². The molecular formula is C36H36FN5O3. The van der Waals surface area contributed by atoms with E-state index in [2.05, 4.69) is 38.3 Å². The number of rotatable bonds is 7. The van der Waals surface area contributed by atoms with Crippen molar-refractivity contribution in [3.05, 3.63) is 105 Å². The fraction of sp³-hybridized carbons (Fsp3) is 0.278. The molecule has 5 aliphatic rings. The maximum Gasteiger partial charge on any atom is 0.258 e. The minimum absolute atomic E-state index is 0.00187.